The highest BCUT2D eigenvalue weighted by Crippen LogP contribution is 2.22. The molecule has 4 atom stereocenters. The minimum atomic E-state index is -0.808. The van der Waals surface area contributed by atoms with Gasteiger partial charge < -0.3 is 25.6 Å². The molecule has 10 heteroatoms. The van der Waals surface area contributed by atoms with Crippen molar-refractivity contribution in [3.05, 3.63) is 22.4 Å². The van der Waals surface area contributed by atoms with E-state index < -0.39 is 24.0 Å². The molecule has 0 saturated carbocycles. The second-order valence-corrected chi connectivity index (χ2v) is 10.0. The van der Waals surface area contributed by atoms with E-state index in [-0.39, 0.29) is 36.2 Å². The first-order chi connectivity index (χ1) is 15.8. The molecule has 2 aliphatic heterocycles. The average Bonchev–Trinajstić information content (AvgIpc) is 3.50. The summed E-state index contributed by atoms with van der Waals surface area (Å²) in [6.07, 6.45) is 2.81. The van der Waals surface area contributed by atoms with Gasteiger partial charge in [0.15, 0.2) is 0 Å². The van der Waals surface area contributed by atoms with Crippen LogP contribution in [0.1, 0.15) is 44.4 Å². The summed E-state index contributed by atoms with van der Waals surface area (Å²) in [7, 11) is 1.28. The van der Waals surface area contributed by atoms with Crippen molar-refractivity contribution in [2.75, 3.05) is 20.2 Å². The van der Waals surface area contributed by atoms with Gasteiger partial charge in [-0.3, -0.25) is 14.4 Å². The molecular formula is C23H34N4O5S. The Morgan fingerprint density at radius 1 is 1.27 bits per heavy atom. The molecule has 3 N–H and O–H groups in total. The standard InChI is InChI=1S/C23H34N4O5S/c1-14(2)20(23(31)32-3)26-21(29)18-12-15(25-19(28)13-16-6-5-11-33-16)8-10-27(18)22(30)17-7-4-9-24-17/h5-6,11,14-15,17-18,20,24H,4,7-10,12-13H2,1-3H3,(H,25,28)(H,26,29). The zero-order valence-electron chi connectivity index (χ0n) is 19.5. The quantitative estimate of drug-likeness (QED) is 0.477. The molecule has 3 heterocycles. The first-order valence-corrected chi connectivity index (χ1v) is 12.4. The smallest absolute Gasteiger partial charge is 0.328 e. The molecule has 4 unspecified atom stereocenters. The van der Waals surface area contributed by atoms with Crippen molar-refractivity contribution < 1.29 is 23.9 Å². The van der Waals surface area contributed by atoms with Crippen molar-refractivity contribution in [3.63, 3.8) is 0 Å². The number of thiophene rings is 1. The number of hydrogen-bond donors (Lipinski definition) is 3. The number of methoxy groups -OCH3 is 1. The molecule has 33 heavy (non-hydrogen) atoms. The molecule has 0 radical (unpaired) electrons. The maximum Gasteiger partial charge on any atom is 0.328 e. The molecule has 2 saturated heterocycles. The van der Waals surface area contributed by atoms with Gasteiger partial charge in [-0.25, -0.2) is 4.79 Å². The van der Waals surface area contributed by atoms with Crippen LogP contribution in [0.2, 0.25) is 0 Å². The van der Waals surface area contributed by atoms with Crippen molar-refractivity contribution in [2.45, 2.75) is 70.1 Å². The molecule has 0 bridgehead atoms. The van der Waals surface area contributed by atoms with E-state index in [1.165, 1.54) is 18.4 Å². The van der Waals surface area contributed by atoms with Crippen LogP contribution < -0.4 is 16.0 Å². The van der Waals surface area contributed by atoms with Crippen LogP contribution in [0.4, 0.5) is 0 Å². The van der Waals surface area contributed by atoms with Crippen molar-refractivity contribution in [1.29, 1.82) is 0 Å². The molecule has 182 valence electrons. The van der Waals surface area contributed by atoms with Gasteiger partial charge in [0.25, 0.3) is 0 Å². The highest BCUT2D eigenvalue weighted by atomic mass is 32.1. The number of ether oxygens (including phenoxy) is 1. The first-order valence-electron chi connectivity index (χ1n) is 11.5. The summed E-state index contributed by atoms with van der Waals surface area (Å²) in [4.78, 5) is 53.7. The molecule has 1 aromatic heterocycles. The van der Waals surface area contributed by atoms with Crippen LogP contribution in [-0.2, 0) is 30.3 Å². The largest absolute Gasteiger partial charge is 0.467 e. The van der Waals surface area contributed by atoms with Gasteiger partial charge in [-0.1, -0.05) is 19.9 Å². The van der Waals surface area contributed by atoms with Crippen molar-refractivity contribution in [3.8, 4) is 0 Å². The predicted molar refractivity (Wildman–Crippen MR) is 124 cm³/mol. The molecular weight excluding hydrogens is 444 g/mol. The number of esters is 1. The predicted octanol–water partition coefficient (Wildman–Crippen LogP) is 0.832. The Balaban J connectivity index is 1.71. The van der Waals surface area contributed by atoms with E-state index in [9.17, 15) is 19.2 Å². The monoisotopic (exact) mass is 478 g/mol. The minimum Gasteiger partial charge on any atom is -0.467 e. The van der Waals surface area contributed by atoms with Crippen LogP contribution in [0.15, 0.2) is 17.5 Å². The van der Waals surface area contributed by atoms with Crippen molar-refractivity contribution >= 4 is 35.0 Å². The number of likely N-dealkylation sites (tertiary alicyclic amines) is 1. The molecule has 0 aliphatic carbocycles. The highest BCUT2D eigenvalue weighted by Gasteiger charge is 2.41. The molecule has 0 aromatic carbocycles. The van der Waals surface area contributed by atoms with Gasteiger partial charge in [0.05, 0.1) is 19.6 Å². The summed E-state index contributed by atoms with van der Waals surface area (Å²) in [6.45, 7) is 4.79. The number of hydrogen-bond acceptors (Lipinski definition) is 7. The molecule has 1 aromatic rings. The Kier molecular flexibility index (Phi) is 8.85. The fourth-order valence-electron chi connectivity index (χ4n) is 4.43. The van der Waals surface area contributed by atoms with Crippen LogP contribution in [0.25, 0.3) is 0 Å². The third-order valence-corrected chi connectivity index (χ3v) is 7.12. The fraction of sp³-hybridized carbons (Fsp3) is 0.652. The summed E-state index contributed by atoms with van der Waals surface area (Å²) in [5.41, 5.74) is 0. The van der Waals surface area contributed by atoms with Gasteiger partial charge in [0.2, 0.25) is 17.7 Å². The highest BCUT2D eigenvalue weighted by molar-refractivity contribution is 7.10. The second-order valence-electron chi connectivity index (χ2n) is 8.99. The van der Waals surface area contributed by atoms with Crippen LogP contribution in [0.5, 0.6) is 0 Å². The van der Waals surface area contributed by atoms with Crippen LogP contribution in [0, 0.1) is 5.92 Å². The second kappa shape index (κ2) is 11.6. The summed E-state index contributed by atoms with van der Waals surface area (Å²) >= 11 is 1.52. The topological polar surface area (TPSA) is 117 Å². The maximum absolute atomic E-state index is 13.3. The van der Waals surface area contributed by atoms with E-state index in [4.69, 9.17) is 4.74 Å². The summed E-state index contributed by atoms with van der Waals surface area (Å²) in [6, 6.07) is 1.71. The van der Waals surface area contributed by atoms with E-state index in [0.29, 0.717) is 19.4 Å². The van der Waals surface area contributed by atoms with Crippen LogP contribution >= 0.6 is 11.3 Å². The van der Waals surface area contributed by atoms with E-state index >= 15 is 0 Å². The lowest BCUT2D eigenvalue weighted by Crippen LogP contribution is -2.61. The van der Waals surface area contributed by atoms with Gasteiger partial charge in [0.1, 0.15) is 12.1 Å². The third kappa shape index (κ3) is 6.54. The fourth-order valence-corrected chi connectivity index (χ4v) is 5.13. The number of carbonyl (C=O) groups excluding carboxylic acids is 4. The number of amides is 3. The Morgan fingerprint density at radius 3 is 2.67 bits per heavy atom. The maximum atomic E-state index is 13.3. The molecule has 0 spiro atoms. The van der Waals surface area contributed by atoms with Gasteiger partial charge in [0, 0.05) is 17.5 Å². The summed E-state index contributed by atoms with van der Waals surface area (Å²) < 4.78 is 4.84. The van der Waals surface area contributed by atoms with Gasteiger partial charge in [-0.05, 0) is 49.6 Å². The lowest BCUT2D eigenvalue weighted by molar-refractivity contribution is -0.149. The average molecular weight is 479 g/mol. The van der Waals surface area contributed by atoms with E-state index in [1.54, 1.807) is 4.90 Å². The Bertz CT molecular complexity index is 838. The van der Waals surface area contributed by atoms with Crippen molar-refractivity contribution in [1.82, 2.24) is 20.9 Å². The summed E-state index contributed by atoms with van der Waals surface area (Å²) in [5, 5.41) is 10.9. The van der Waals surface area contributed by atoms with Gasteiger partial charge >= 0.3 is 5.97 Å². The number of piperidine rings is 1. The lowest BCUT2D eigenvalue weighted by Gasteiger charge is -2.40. The number of rotatable bonds is 8. The van der Waals surface area contributed by atoms with Crippen molar-refractivity contribution in [2.24, 2.45) is 5.92 Å². The molecule has 9 nitrogen and oxygen atoms in total. The minimum absolute atomic E-state index is 0.102. The van der Waals surface area contributed by atoms with E-state index in [2.05, 4.69) is 16.0 Å². The lowest BCUT2D eigenvalue weighted by atomic mass is 9.94. The SMILES string of the molecule is COC(=O)C(NC(=O)C1CC(NC(=O)Cc2cccs2)CCN1C(=O)C1CCCN1)C(C)C. The molecule has 3 rings (SSSR count). The molecule has 2 aliphatic rings. The Hall–Kier alpha value is -2.46. The van der Waals surface area contributed by atoms with Crippen LogP contribution in [0.3, 0.4) is 0 Å². The van der Waals surface area contributed by atoms with Gasteiger partial charge in [-0.2, -0.15) is 0 Å². The summed E-state index contributed by atoms with van der Waals surface area (Å²) in [5.74, 6) is -1.30. The first kappa shape index (κ1) is 25.2. The zero-order chi connectivity index (χ0) is 24.0. The Labute approximate surface area is 198 Å². The zero-order valence-corrected chi connectivity index (χ0v) is 20.3. The molecule has 3 amide bonds. The normalized spacial score (nSPS) is 23.8. The van der Waals surface area contributed by atoms with E-state index in [1.807, 2.05) is 31.4 Å². The van der Waals surface area contributed by atoms with Crippen LogP contribution in [-0.4, -0.2) is 73.0 Å². The number of nitrogens with zero attached hydrogens (tertiary/aromatic N) is 1. The third-order valence-electron chi connectivity index (χ3n) is 6.25. The molecule has 2 fully saturated rings. The van der Waals surface area contributed by atoms with Gasteiger partial charge in [-0.15, -0.1) is 11.3 Å². The Morgan fingerprint density at radius 2 is 2.06 bits per heavy atom. The number of carbonyl (C=O) groups is 4. The van der Waals surface area contributed by atoms with E-state index in [0.717, 1.165) is 24.3 Å². The number of nitrogens with one attached hydrogen (secondary N) is 3.